The third-order valence-corrected chi connectivity index (χ3v) is 3.81. The Bertz CT molecular complexity index is 524. The zero-order valence-corrected chi connectivity index (χ0v) is 11.5. The fourth-order valence-electron chi connectivity index (χ4n) is 2.46. The van der Waals surface area contributed by atoms with Gasteiger partial charge in [0.05, 0.1) is 17.3 Å². The van der Waals surface area contributed by atoms with Crippen molar-refractivity contribution in [2.45, 2.75) is 19.4 Å². The number of carbonyl (C=O) groups excluding carboxylic acids is 1. The lowest BCUT2D eigenvalue weighted by Crippen LogP contribution is -2.41. The van der Waals surface area contributed by atoms with E-state index in [1.807, 2.05) is 6.92 Å². The molecule has 0 saturated carbocycles. The highest BCUT2D eigenvalue weighted by atomic mass is 16.3. The van der Waals surface area contributed by atoms with E-state index in [0.717, 1.165) is 19.5 Å². The Morgan fingerprint density at radius 3 is 3.00 bits per heavy atom. The summed E-state index contributed by atoms with van der Waals surface area (Å²) in [4.78, 5) is 14.3. The van der Waals surface area contributed by atoms with Gasteiger partial charge in [0.2, 0.25) is 5.91 Å². The van der Waals surface area contributed by atoms with Gasteiger partial charge in [-0.1, -0.05) is 12.1 Å². The van der Waals surface area contributed by atoms with Gasteiger partial charge in [-0.2, -0.15) is 5.26 Å². The van der Waals surface area contributed by atoms with E-state index in [4.69, 9.17) is 10.4 Å². The molecule has 2 N–H and O–H groups in total. The highest BCUT2D eigenvalue weighted by Gasteiger charge is 2.29. The van der Waals surface area contributed by atoms with E-state index in [0.29, 0.717) is 11.3 Å². The summed E-state index contributed by atoms with van der Waals surface area (Å²) < 4.78 is 0. The molecule has 2 rings (SSSR count). The summed E-state index contributed by atoms with van der Waals surface area (Å²) in [6.45, 7) is 3.58. The predicted octanol–water partition coefficient (Wildman–Crippen LogP) is 1.20. The minimum Gasteiger partial charge on any atom is -0.396 e. The van der Waals surface area contributed by atoms with E-state index < -0.39 is 0 Å². The normalized spacial score (nSPS) is 20.4. The number of aliphatic hydroxyl groups excluding tert-OH is 1. The van der Waals surface area contributed by atoms with Crippen LogP contribution in [0.1, 0.15) is 18.9 Å². The number of para-hydroxylation sites is 1. The third kappa shape index (κ3) is 3.16. The number of nitrogens with zero attached hydrogens (tertiary/aromatic N) is 2. The molecule has 0 bridgehead atoms. The Balaban J connectivity index is 2.00. The van der Waals surface area contributed by atoms with E-state index in [1.165, 1.54) is 0 Å². The standard InChI is InChI=1S/C15H19N3O2/c1-11(18-7-6-12(9-18)10-19)15(20)17-14-5-3-2-4-13(14)8-16/h2-5,11-12,19H,6-7,9-10H2,1H3,(H,17,20). The van der Waals surface area contributed by atoms with Crippen LogP contribution >= 0.6 is 0 Å². The molecule has 106 valence electrons. The second-order valence-electron chi connectivity index (χ2n) is 5.15. The van der Waals surface area contributed by atoms with Crippen molar-refractivity contribution in [1.82, 2.24) is 4.90 Å². The van der Waals surface area contributed by atoms with Gasteiger partial charge >= 0.3 is 0 Å². The predicted molar refractivity (Wildman–Crippen MR) is 76.0 cm³/mol. The summed E-state index contributed by atoms with van der Waals surface area (Å²) in [6, 6.07) is 8.76. The van der Waals surface area contributed by atoms with E-state index >= 15 is 0 Å². The molecule has 0 radical (unpaired) electrons. The first-order chi connectivity index (χ1) is 9.65. The van der Waals surface area contributed by atoms with Crippen molar-refractivity contribution in [2.75, 3.05) is 25.0 Å². The fourth-order valence-corrected chi connectivity index (χ4v) is 2.46. The lowest BCUT2D eigenvalue weighted by molar-refractivity contribution is -0.120. The Kier molecular flexibility index (Phi) is 4.72. The molecule has 20 heavy (non-hydrogen) atoms. The maximum absolute atomic E-state index is 12.2. The van der Waals surface area contributed by atoms with Gasteiger partial charge < -0.3 is 10.4 Å². The van der Waals surface area contributed by atoms with Crippen LogP contribution in [0.25, 0.3) is 0 Å². The summed E-state index contributed by atoms with van der Waals surface area (Å²) in [5.41, 5.74) is 1.01. The molecule has 1 saturated heterocycles. The van der Waals surface area contributed by atoms with Crippen molar-refractivity contribution >= 4 is 11.6 Å². The molecule has 2 unspecified atom stereocenters. The zero-order valence-electron chi connectivity index (χ0n) is 11.5. The topological polar surface area (TPSA) is 76.4 Å². The molecule has 0 aromatic heterocycles. The van der Waals surface area contributed by atoms with Crippen molar-refractivity contribution in [3.63, 3.8) is 0 Å². The van der Waals surface area contributed by atoms with E-state index in [1.54, 1.807) is 24.3 Å². The molecule has 1 aromatic carbocycles. The molecule has 2 atom stereocenters. The van der Waals surface area contributed by atoms with Crippen LogP contribution in [0.5, 0.6) is 0 Å². The molecular formula is C15H19N3O2. The van der Waals surface area contributed by atoms with Gasteiger partial charge in [-0.15, -0.1) is 0 Å². The molecule has 1 aliphatic rings. The van der Waals surface area contributed by atoms with E-state index in [9.17, 15) is 4.79 Å². The van der Waals surface area contributed by atoms with Crippen molar-refractivity contribution in [2.24, 2.45) is 5.92 Å². The Morgan fingerprint density at radius 1 is 1.60 bits per heavy atom. The highest BCUT2D eigenvalue weighted by molar-refractivity contribution is 5.95. The first kappa shape index (κ1) is 14.5. The summed E-state index contributed by atoms with van der Waals surface area (Å²) >= 11 is 0. The first-order valence-corrected chi connectivity index (χ1v) is 6.80. The first-order valence-electron chi connectivity index (χ1n) is 6.80. The van der Waals surface area contributed by atoms with Gasteiger partial charge in [0, 0.05) is 13.2 Å². The number of carbonyl (C=O) groups is 1. The summed E-state index contributed by atoms with van der Waals surface area (Å²) in [5.74, 6) is 0.142. The van der Waals surface area contributed by atoms with Crippen LogP contribution in [-0.2, 0) is 4.79 Å². The maximum atomic E-state index is 12.2. The smallest absolute Gasteiger partial charge is 0.241 e. The molecule has 1 heterocycles. The average Bonchev–Trinajstić information content (AvgIpc) is 2.95. The quantitative estimate of drug-likeness (QED) is 0.864. The van der Waals surface area contributed by atoms with Crippen LogP contribution in [0.2, 0.25) is 0 Å². The second-order valence-corrected chi connectivity index (χ2v) is 5.15. The number of aliphatic hydroxyl groups is 1. The number of nitriles is 1. The van der Waals surface area contributed by atoms with Crippen LogP contribution in [0, 0.1) is 17.2 Å². The van der Waals surface area contributed by atoms with Gasteiger partial charge in [0.15, 0.2) is 0 Å². The van der Waals surface area contributed by atoms with Crippen LogP contribution in [0.4, 0.5) is 5.69 Å². The van der Waals surface area contributed by atoms with Crippen LogP contribution in [-0.4, -0.2) is 41.7 Å². The number of anilines is 1. The summed E-state index contributed by atoms with van der Waals surface area (Å²) in [7, 11) is 0. The van der Waals surface area contributed by atoms with Crippen molar-refractivity contribution < 1.29 is 9.90 Å². The van der Waals surface area contributed by atoms with Gasteiger partial charge in [0.25, 0.3) is 0 Å². The Labute approximate surface area is 118 Å². The lowest BCUT2D eigenvalue weighted by Gasteiger charge is -2.23. The fraction of sp³-hybridized carbons (Fsp3) is 0.467. The van der Waals surface area contributed by atoms with Gasteiger partial charge in [-0.05, 0) is 37.9 Å². The number of rotatable bonds is 4. The molecule has 1 aliphatic heterocycles. The molecule has 1 fully saturated rings. The molecule has 0 spiro atoms. The van der Waals surface area contributed by atoms with Crippen molar-refractivity contribution in [1.29, 1.82) is 5.26 Å². The summed E-state index contributed by atoms with van der Waals surface area (Å²) in [5, 5.41) is 21.0. The second kappa shape index (κ2) is 6.51. The highest BCUT2D eigenvalue weighted by Crippen LogP contribution is 2.20. The monoisotopic (exact) mass is 273 g/mol. The summed E-state index contributed by atoms with van der Waals surface area (Å²) in [6.07, 6.45) is 0.920. The number of hydrogen-bond donors (Lipinski definition) is 2. The van der Waals surface area contributed by atoms with Crippen LogP contribution in [0.15, 0.2) is 24.3 Å². The van der Waals surface area contributed by atoms with Crippen molar-refractivity contribution in [3.8, 4) is 6.07 Å². The minimum atomic E-state index is -0.265. The SMILES string of the molecule is CC(C(=O)Nc1ccccc1C#N)N1CCC(CO)C1. The molecule has 0 aliphatic carbocycles. The van der Waals surface area contributed by atoms with Gasteiger partial charge in [-0.3, -0.25) is 9.69 Å². The van der Waals surface area contributed by atoms with E-state index in [2.05, 4.69) is 16.3 Å². The molecular weight excluding hydrogens is 254 g/mol. The molecule has 5 nitrogen and oxygen atoms in total. The van der Waals surface area contributed by atoms with Gasteiger partial charge in [-0.25, -0.2) is 0 Å². The number of nitrogens with one attached hydrogen (secondary N) is 1. The molecule has 5 heteroatoms. The largest absolute Gasteiger partial charge is 0.396 e. The lowest BCUT2D eigenvalue weighted by atomic mass is 10.1. The number of benzene rings is 1. The van der Waals surface area contributed by atoms with Crippen LogP contribution < -0.4 is 5.32 Å². The van der Waals surface area contributed by atoms with Crippen molar-refractivity contribution in [3.05, 3.63) is 29.8 Å². The molecule has 1 amide bonds. The minimum absolute atomic E-state index is 0.119. The Morgan fingerprint density at radius 2 is 2.35 bits per heavy atom. The number of likely N-dealkylation sites (tertiary alicyclic amines) is 1. The average molecular weight is 273 g/mol. The third-order valence-electron chi connectivity index (χ3n) is 3.81. The van der Waals surface area contributed by atoms with E-state index in [-0.39, 0.29) is 24.5 Å². The number of amides is 1. The number of hydrogen-bond acceptors (Lipinski definition) is 4. The Hall–Kier alpha value is -1.90. The zero-order chi connectivity index (χ0) is 14.5. The van der Waals surface area contributed by atoms with Gasteiger partial charge in [0.1, 0.15) is 6.07 Å². The maximum Gasteiger partial charge on any atom is 0.241 e. The van der Waals surface area contributed by atoms with Crippen LogP contribution in [0.3, 0.4) is 0 Å². The molecule has 1 aromatic rings.